The summed E-state index contributed by atoms with van der Waals surface area (Å²) >= 11 is 7.54. The fourth-order valence-electron chi connectivity index (χ4n) is 5.61. The van der Waals surface area contributed by atoms with Gasteiger partial charge in [-0.2, -0.15) is 0 Å². The maximum atomic E-state index is 12.9. The first-order valence-corrected chi connectivity index (χ1v) is 12.2. The van der Waals surface area contributed by atoms with Gasteiger partial charge >= 0.3 is 0 Å². The van der Waals surface area contributed by atoms with Crippen LogP contribution in [-0.2, 0) is 10.2 Å². The lowest BCUT2D eigenvalue weighted by Gasteiger charge is -2.70. The maximum absolute atomic E-state index is 12.9. The molecule has 2 N–H and O–H groups in total. The number of hydrogen-bond donors (Lipinski definition) is 2. The molecule has 0 spiro atoms. The molecule has 32 heavy (non-hydrogen) atoms. The summed E-state index contributed by atoms with van der Waals surface area (Å²) in [4.78, 5) is 17.6. The third kappa shape index (κ3) is 3.20. The second-order valence-corrected chi connectivity index (χ2v) is 11.0. The zero-order valence-corrected chi connectivity index (χ0v) is 18.9. The van der Waals surface area contributed by atoms with E-state index in [2.05, 4.69) is 16.6 Å². The van der Waals surface area contributed by atoms with E-state index in [1.807, 2.05) is 0 Å². The van der Waals surface area contributed by atoms with Crippen LogP contribution in [0, 0.1) is 18.3 Å². The maximum Gasteiger partial charge on any atom is 0.273 e. The lowest BCUT2D eigenvalue weighted by Crippen LogP contribution is -2.77. The van der Waals surface area contributed by atoms with Crippen LogP contribution >= 0.6 is 22.9 Å². The summed E-state index contributed by atoms with van der Waals surface area (Å²) in [6.45, 7) is 0. The number of terminal acetylenes is 1. The van der Waals surface area contributed by atoms with Crippen LogP contribution in [-0.4, -0.2) is 33.7 Å². The molecule has 1 aromatic carbocycles. The van der Waals surface area contributed by atoms with Crippen LogP contribution in [0.25, 0.3) is 0 Å². The monoisotopic (exact) mass is 470 g/mol. The number of carbonyl (C=O) groups excluding carboxylic acids is 1. The number of nitrogens with one attached hydrogen (secondary N) is 1. The van der Waals surface area contributed by atoms with Crippen molar-refractivity contribution >= 4 is 28.8 Å². The molecular formula is C24H23ClN2O4S. The fourth-order valence-corrected chi connectivity index (χ4v) is 6.65. The third-order valence-electron chi connectivity index (χ3n) is 7.37. The summed E-state index contributed by atoms with van der Waals surface area (Å²) in [7, 11) is 0. The summed E-state index contributed by atoms with van der Waals surface area (Å²) in [6, 6.07) is 5.09. The molecule has 0 saturated heterocycles. The summed E-state index contributed by atoms with van der Waals surface area (Å²) in [6.07, 6.45) is 8.78. The van der Waals surface area contributed by atoms with Crippen LogP contribution in [0.1, 0.15) is 55.9 Å². The summed E-state index contributed by atoms with van der Waals surface area (Å²) in [5, 5.41) is 17.0. The van der Waals surface area contributed by atoms with Crippen molar-refractivity contribution in [3.8, 4) is 23.3 Å². The molecule has 0 unspecified atom stereocenters. The van der Waals surface area contributed by atoms with Gasteiger partial charge in [-0.3, -0.25) is 4.79 Å². The van der Waals surface area contributed by atoms with Gasteiger partial charge < -0.3 is 19.9 Å². The van der Waals surface area contributed by atoms with Crippen LogP contribution in [0.15, 0.2) is 23.6 Å². The molecule has 1 aliphatic heterocycles. The highest BCUT2D eigenvalue weighted by molar-refractivity contribution is 7.11. The minimum absolute atomic E-state index is 0.0443. The molecule has 2 bridgehead atoms. The molecule has 166 valence electrons. The van der Waals surface area contributed by atoms with Crippen molar-refractivity contribution in [1.29, 1.82) is 0 Å². The van der Waals surface area contributed by atoms with Gasteiger partial charge in [0.2, 0.25) is 0 Å². The van der Waals surface area contributed by atoms with E-state index in [1.165, 1.54) is 11.3 Å². The van der Waals surface area contributed by atoms with Crippen LogP contribution in [0.4, 0.5) is 0 Å². The Labute approximate surface area is 195 Å². The van der Waals surface area contributed by atoms with Crippen LogP contribution in [0.2, 0.25) is 5.02 Å². The predicted octanol–water partition coefficient (Wildman–Crippen LogP) is 3.76. The number of ether oxygens (including phenoxy) is 2. The quantitative estimate of drug-likeness (QED) is 0.650. The molecule has 8 heteroatoms. The smallest absolute Gasteiger partial charge is 0.273 e. The van der Waals surface area contributed by atoms with Gasteiger partial charge in [-0.25, -0.2) is 4.98 Å². The minimum atomic E-state index is -0.771. The van der Waals surface area contributed by atoms with Crippen molar-refractivity contribution in [3.05, 3.63) is 39.9 Å². The highest BCUT2D eigenvalue weighted by Gasteiger charge is 2.70. The molecule has 1 amide bonds. The molecule has 2 heterocycles. The van der Waals surface area contributed by atoms with E-state index in [9.17, 15) is 9.90 Å². The molecule has 4 fully saturated rings. The van der Waals surface area contributed by atoms with Gasteiger partial charge in [-0.05, 0) is 50.3 Å². The average molecular weight is 471 g/mol. The average Bonchev–Trinajstić information content (AvgIpc) is 3.14. The number of aromatic nitrogens is 1. The van der Waals surface area contributed by atoms with E-state index in [1.54, 1.807) is 18.2 Å². The summed E-state index contributed by atoms with van der Waals surface area (Å²) < 4.78 is 11.8. The number of halogens is 1. The largest absolute Gasteiger partial charge is 0.480 e. The molecule has 7 rings (SSSR count). The van der Waals surface area contributed by atoms with E-state index < -0.39 is 12.2 Å². The first-order valence-electron chi connectivity index (χ1n) is 10.9. The van der Waals surface area contributed by atoms with Crippen molar-refractivity contribution in [1.82, 2.24) is 10.3 Å². The zero-order chi connectivity index (χ0) is 22.1. The second kappa shape index (κ2) is 7.11. The van der Waals surface area contributed by atoms with Crippen LogP contribution in [0.5, 0.6) is 10.9 Å². The standard InChI is InChI=1S/C24H23ClN2O4S/c1-2-13-5-15(6-13)30-22-26-20(9-32-22)23-10-24(11-23,12-23)27-21(29)19-8-17(28)16-7-14(25)3-4-18(16)31-19/h1,3-4,7,9,13,15,17,19,28H,5-6,8,10-12H2,(H,27,29)/t13?,15?,17-,19-,23?,24?/m1/s1. The Hall–Kier alpha value is -2.27. The minimum Gasteiger partial charge on any atom is -0.480 e. The topological polar surface area (TPSA) is 80.7 Å². The van der Waals surface area contributed by atoms with Crippen molar-refractivity contribution in [2.45, 2.75) is 67.8 Å². The number of thiazole rings is 1. The predicted molar refractivity (Wildman–Crippen MR) is 120 cm³/mol. The zero-order valence-electron chi connectivity index (χ0n) is 17.3. The van der Waals surface area contributed by atoms with Crippen LogP contribution < -0.4 is 14.8 Å². The number of benzene rings is 1. The first-order chi connectivity index (χ1) is 15.4. The van der Waals surface area contributed by atoms with Crippen molar-refractivity contribution < 1.29 is 19.4 Å². The molecule has 0 radical (unpaired) electrons. The number of amides is 1. The Kier molecular flexibility index (Phi) is 4.52. The molecule has 1 aromatic heterocycles. The Bertz CT molecular complexity index is 1120. The lowest BCUT2D eigenvalue weighted by molar-refractivity contribution is -0.147. The van der Waals surface area contributed by atoms with Gasteiger partial charge in [0, 0.05) is 39.3 Å². The van der Waals surface area contributed by atoms with E-state index in [4.69, 9.17) is 32.5 Å². The number of aliphatic hydroxyl groups excluding tert-OH is 1. The van der Waals surface area contributed by atoms with Gasteiger partial charge in [0.1, 0.15) is 11.9 Å². The molecule has 2 aromatic rings. The number of fused-ring (bicyclic) bond motifs is 1. The first kappa shape index (κ1) is 20.3. The molecule has 2 atom stereocenters. The van der Waals surface area contributed by atoms with Gasteiger partial charge in [0.15, 0.2) is 6.10 Å². The van der Waals surface area contributed by atoms with E-state index in [-0.39, 0.29) is 29.4 Å². The Balaban J connectivity index is 1.04. The van der Waals surface area contributed by atoms with Crippen molar-refractivity contribution in [3.63, 3.8) is 0 Å². The third-order valence-corrected chi connectivity index (χ3v) is 8.34. The van der Waals surface area contributed by atoms with Gasteiger partial charge in [0.05, 0.1) is 11.8 Å². The van der Waals surface area contributed by atoms with E-state index in [0.717, 1.165) is 37.8 Å². The number of hydrogen-bond acceptors (Lipinski definition) is 6. The SMILES string of the molecule is C#CC1CC(Oc2nc(C34CC(NC(=O)[C@H]5C[C@@H](O)c6cc(Cl)ccc6O5)(C3)C4)cs2)C1. The molecule has 6 nitrogen and oxygen atoms in total. The molecule has 4 saturated carbocycles. The normalized spacial score (nSPS) is 36.3. The van der Waals surface area contributed by atoms with Crippen molar-refractivity contribution in [2.75, 3.05) is 0 Å². The highest BCUT2D eigenvalue weighted by atomic mass is 35.5. The summed E-state index contributed by atoms with van der Waals surface area (Å²) in [5.74, 6) is 3.44. The highest BCUT2D eigenvalue weighted by Crippen LogP contribution is 2.68. The number of nitrogens with zero attached hydrogens (tertiary/aromatic N) is 1. The van der Waals surface area contributed by atoms with Gasteiger partial charge in [0.25, 0.3) is 11.1 Å². The van der Waals surface area contributed by atoms with E-state index >= 15 is 0 Å². The second-order valence-electron chi connectivity index (χ2n) is 9.69. The van der Waals surface area contributed by atoms with Gasteiger partial charge in [-0.1, -0.05) is 22.9 Å². The Morgan fingerprint density at radius 3 is 2.88 bits per heavy atom. The number of aliphatic hydroxyl groups is 1. The summed E-state index contributed by atoms with van der Waals surface area (Å²) in [5.41, 5.74) is 1.55. The Morgan fingerprint density at radius 2 is 2.12 bits per heavy atom. The molecule has 5 aliphatic rings. The van der Waals surface area contributed by atoms with Gasteiger partial charge in [-0.15, -0.1) is 12.3 Å². The number of carbonyl (C=O) groups is 1. The van der Waals surface area contributed by atoms with Crippen molar-refractivity contribution in [2.24, 2.45) is 5.92 Å². The lowest BCUT2D eigenvalue weighted by atomic mass is 9.38. The molecule has 4 aliphatic carbocycles. The Morgan fingerprint density at radius 1 is 1.34 bits per heavy atom. The van der Waals surface area contributed by atoms with Crippen LogP contribution in [0.3, 0.4) is 0 Å². The number of rotatable bonds is 5. The van der Waals surface area contributed by atoms with E-state index in [0.29, 0.717) is 27.4 Å². The molecular weight excluding hydrogens is 448 g/mol. The fraction of sp³-hybridized carbons (Fsp3) is 0.500.